The van der Waals surface area contributed by atoms with E-state index in [1.165, 1.54) is 60.7 Å². The van der Waals surface area contributed by atoms with Gasteiger partial charge >= 0.3 is 0 Å². The molecule has 0 bridgehead atoms. The molecule has 10 nitrogen and oxygen atoms in total. The molecule has 0 saturated heterocycles. The van der Waals surface area contributed by atoms with Crippen molar-refractivity contribution in [3.8, 4) is 56.8 Å². The number of rotatable bonds is 11. The van der Waals surface area contributed by atoms with Crippen LogP contribution in [-0.4, -0.2) is 37.4 Å². The minimum Gasteiger partial charge on any atom is -0.508 e. The normalized spacial score (nSPS) is 11.5. The zero-order valence-electron chi connectivity index (χ0n) is 28.6. The molecule has 0 saturated carbocycles. The number of carbonyl (C=O) groups excluding carboxylic acids is 1. The monoisotopic (exact) mass is 770 g/mol. The maximum absolute atomic E-state index is 14.2. The third kappa shape index (κ3) is 8.11. The highest BCUT2D eigenvalue weighted by Gasteiger charge is 2.29. The van der Waals surface area contributed by atoms with Crippen molar-refractivity contribution in [3.05, 3.63) is 175 Å². The van der Waals surface area contributed by atoms with Crippen molar-refractivity contribution in [2.24, 2.45) is 0 Å². The molecule has 0 aromatic heterocycles. The lowest BCUT2D eigenvalue weighted by Gasteiger charge is -2.15. The molecule has 0 aliphatic carbocycles. The highest BCUT2D eigenvalue weighted by Crippen LogP contribution is 2.35. The molecule has 7 aromatic rings. The number of sulfone groups is 1. The van der Waals surface area contributed by atoms with Crippen molar-refractivity contribution in [3.63, 3.8) is 0 Å². The van der Waals surface area contributed by atoms with E-state index in [-0.39, 0.29) is 27.7 Å². The molecule has 0 amide bonds. The van der Waals surface area contributed by atoms with E-state index in [4.69, 9.17) is 9.47 Å². The topological polar surface area (TPSA) is 164 Å². The Hall–Kier alpha value is -6.73. The molecule has 0 fully saturated rings. The number of carbonyl (C=O) groups is 1. The van der Waals surface area contributed by atoms with Gasteiger partial charge in [0, 0.05) is 11.1 Å². The molecule has 3 N–H and O–H groups in total. The standard InChI is InChI=1S/C43H30O10S2/c44-32-13-5-28(6-14-32)30-9-17-34(18-10-30)52-36-21-24-38(25-22-36)54(47,48)41-26-23-37(27-40(41)43(46)39-3-1-2-4-42(39)55(49,50)51)53-35-19-11-31(12-20-35)29-7-15-33(45)16-8-29/h1-27,44-45H,(H,49,50,51). The molecule has 0 spiro atoms. The van der Waals surface area contributed by atoms with Gasteiger partial charge in [0.1, 0.15) is 39.4 Å². The number of benzene rings is 7. The second kappa shape index (κ2) is 15.0. The number of hydrogen-bond acceptors (Lipinski definition) is 9. The average Bonchev–Trinajstić information content (AvgIpc) is 3.19. The van der Waals surface area contributed by atoms with Crippen molar-refractivity contribution in [1.29, 1.82) is 0 Å². The lowest BCUT2D eigenvalue weighted by atomic mass is 10.0. The van der Waals surface area contributed by atoms with Crippen molar-refractivity contribution in [2.75, 3.05) is 0 Å². The lowest BCUT2D eigenvalue weighted by Crippen LogP contribution is -2.14. The van der Waals surface area contributed by atoms with Gasteiger partial charge in [-0.3, -0.25) is 9.35 Å². The molecule has 7 rings (SSSR count). The zero-order valence-corrected chi connectivity index (χ0v) is 30.2. The van der Waals surface area contributed by atoms with Crippen LogP contribution in [0.5, 0.6) is 34.5 Å². The smallest absolute Gasteiger partial charge is 0.295 e. The molecule has 0 unspecified atom stereocenters. The van der Waals surface area contributed by atoms with Crippen molar-refractivity contribution in [2.45, 2.75) is 14.7 Å². The van der Waals surface area contributed by atoms with E-state index in [0.717, 1.165) is 28.3 Å². The third-order valence-corrected chi connectivity index (χ3v) is 11.3. The van der Waals surface area contributed by atoms with Crippen LogP contribution in [0.1, 0.15) is 15.9 Å². The Kier molecular flexibility index (Phi) is 9.96. The number of phenols is 2. The number of ketones is 1. The maximum Gasteiger partial charge on any atom is 0.295 e. The summed E-state index contributed by atoms with van der Waals surface area (Å²) in [5.41, 5.74) is 2.67. The first-order valence-corrected chi connectivity index (χ1v) is 19.5. The number of ether oxygens (including phenoxy) is 2. The van der Waals surface area contributed by atoms with Crippen LogP contribution in [-0.2, 0) is 20.0 Å². The molecule has 0 radical (unpaired) electrons. The summed E-state index contributed by atoms with van der Waals surface area (Å²) in [5.74, 6) is 0.607. The first-order chi connectivity index (χ1) is 26.3. The Morgan fingerprint density at radius 1 is 0.436 bits per heavy atom. The molecule has 0 aliphatic heterocycles. The van der Waals surface area contributed by atoms with Gasteiger partial charge in [-0.25, -0.2) is 8.42 Å². The summed E-state index contributed by atoms with van der Waals surface area (Å²) in [7, 11) is -9.27. The summed E-state index contributed by atoms with van der Waals surface area (Å²) in [6.45, 7) is 0. The summed E-state index contributed by atoms with van der Waals surface area (Å²) < 4.78 is 74.6. The molecule has 55 heavy (non-hydrogen) atoms. The van der Waals surface area contributed by atoms with Crippen molar-refractivity contribution in [1.82, 2.24) is 0 Å². The molecule has 0 atom stereocenters. The van der Waals surface area contributed by atoms with Gasteiger partial charge in [0.2, 0.25) is 9.84 Å². The fourth-order valence-electron chi connectivity index (χ4n) is 5.83. The van der Waals surface area contributed by atoms with E-state index in [9.17, 15) is 36.4 Å². The highest BCUT2D eigenvalue weighted by atomic mass is 32.2. The largest absolute Gasteiger partial charge is 0.508 e. The van der Waals surface area contributed by atoms with E-state index >= 15 is 0 Å². The quantitative estimate of drug-likeness (QED) is 0.0853. The van der Waals surface area contributed by atoms with E-state index in [1.807, 2.05) is 12.1 Å². The van der Waals surface area contributed by atoms with Crippen molar-refractivity contribution >= 4 is 25.7 Å². The molecule has 0 heterocycles. The Bertz CT molecular complexity index is 2730. The Morgan fingerprint density at radius 3 is 1.31 bits per heavy atom. The summed E-state index contributed by atoms with van der Waals surface area (Å²) in [5, 5.41) is 19.2. The van der Waals surface area contributed by atoms with Gasteiger partial charge in [0.05, 0.1) is 9.79 Å². The van der Waals surface area contributed by atoms with Crippen LogP contribution in [0.2, 0.25) is 0 Å². The Morgan fingerprint density at radius 2 is 0.836 bits per heavy atom. The molecule has 0 aliphatic rings. The minimum atomic E-state index is -4.86. The van der Waals surface area contributed by atoms with Crippen LogP contribution in [0.4, 0.5) is 0 Å². The number of phenolic OH excluding ortho intramolecular Hbond substituents is 2. The van der Waals surface area contributed by atoms with Crippen LogP contribution in [0.15, 0.2) is 178 Å². The third-order valence-electron chi connectivity index (χ3n) is 8.61. The number of hydrogen-bond donors (Lipinski definition) is 3. The van der Waals surface area contributed by atoms with Gasteiger partial charge in [0.25, 0.3) is 10.1 Å². The van der Waals surface area contributed by atoms with Crippen molar-refractivity contribution < 1.29 is 45.9 Å². The van der Waals surface area contributed by atoms with Crippen LogP contribution in [0.25, 0.3) is 22.3 Å². The molecular formula is C43H30O10S2. The van der Waals surface area contributed by atoms with E-state index < -0.39 is 41.1 Å². The van der Waals surface area contributed by atoms with Gasteiger partial charge in [-0.05, 0) is 125 Å². The summed E-state index contributed by atoms with van der Waals surface area (Å²) in [4.78, 5) is 12.8. The predicted octanol–water partition coefficient (Wildman–Crippen LogP) is 9.33. The predicted molar refractivity (Wildman–Crippen MR) is 205 cm³/mol. The number of aromatic hydroxyl groups is 2. The zero-order chi connectivity index (χ0) is 38.7. The van der Waals surface area contributed by atoms with E-state index in [0.29, 0.717) is 17.2 Å². The molecule has 274 valence electrons. The molecular weight excluding hydrogens is 741 g/mol. The van der Waals surface area contributed by atoms with Crippen LogP contribution >= 0.6 is 0 Å². The Balaban J connectivity index is 1.19. The summed E-state index contributed by atoms with van der Waals surface area (Å²) >= 11 is 0. The van der Waals surface area contributed by atoms with Crippen LogP contribution in [0, 0.1) is 0 Å². The maximum atomic E-state index is 14.2. The van der Waals surface area contributed by atoms with Gasteiger partial charge in [-0.15, -0.1) is 0 Å². The van der Waals surface area contributed by atoms with E-state index in [2.05, 4.69) is 0 Å². The fourth-order valence-corrected chi connectivity index (χ4v) is 7.96. The molecule has 12 heteroatoms. The van der Waals surface area contributed by atoms with Gasteiger partial charge < -0.3 is 19.7 Å². The highest BCUT2D eigenvalue weighted by molar-refractivity contribution is 7.91. The first kappa shape index (κ1) is 36.6. The Labute approximate surface area is 316 Å². The van der Waals surface area contributed by atoms with Gasteiger partial charge in [0.15, 0.2) is 5.78 Å². The lowest BCUT2D eigenvalue weighted by molar-refractivity contribution is 0.103. The fraction of sp³-hybridized carbons (Fsp3) is 0. The van der Waals surface area contributed by atoms with Crippen LogP contribution in [0.3, 0.4) is 0 Å². The van der Waals surface area contributed by atoms with Crippen LogP contribution < -0.4 is 9.47 Å². The second-order valence-electron chi connectivity index (χ2n) is 12.3. The average molecular weight is 771 g/mol. The summed E-state index contributed by atoms with van der Waals surface area (Å²) in [6.07, 6.45) is 0. The SMILES string of the molecule is O=C(c1ccccc1S(=O)(=O)O)c1cc(Oc2ccc(-c3ccc(O)cc3)cc2)ccc1S(=O)(=O)c1ccc(Oc2ccc(-c3ccc(O)cc3)cc2)cc1. The second-order valence-corrected chi connectivity index (χ2v) is 15.6. The van der Waals surface area contributed by atoms with E-state index in [1.54, 1.807) is 84.9 Å². The molecule has 7 aromatic carbocycles. The van der Waals surface area contributed by atoms with Gasteiger partial charge in [-0.2, -0.15) is 8.42 Å². The van der Waals surface area contributed by atoms with Gasteiger partial charge in [-0.1, -0.05) is 60.7 Å². The minimum absolute atomic E-state index is 0.0872. The first-order valence-electron chi connectivity index (χ1n) is 16.6. The summed E-state index contributed by atoms with van der Waals surface area (Å²) in [6, 6.07) is 41.9.